The minimum absolute atomic E-state index is 0.101. The molecular weight excluding hydrogens is 314 g/mol. The molecule has 0 spiro atoms. The van der Waals surface area contributed by atoms with Crippen LogP contribution >= 0.6 is 0 Å². The van der Waals surface area contributed by atoms with E-state index in [4.69, 9.17) is 5.14 Å². The van der Waals surface area contributed by atoms with Crippen LogP contribution in [0.1, 0.15) is 81.5 Å². The summed E-state index contributed by atoms with van der Waals surface area (Å²) in [6.45, 7) is 12.5. The largest absolute Gasteiger partial charge is 0.382 e. The van der Waals surface area contributed by atoms with E-state index in [1.807, 2.05) is 0 Å². The third-order valence-corrected chi connectivity index (χ3v) is 4.20. The lowest BCUT2D eigenvalue weighted by atomic mass is 9.83. The summed E-state index contributed by atoms with van der Waals surface area (Å²) in [6.07, 6.45) is -0.101. The minimum Gasteiger partial charge on any atom is -0.334 e. The third-order valence-electron chi connectivity index (χ3n) is 3.78. The lowest BCUT2D eigenvalue weighted by Gasteiger charge is -2.22. The van der Waals surface area contributed by atoms with Crippen molar-refractivity contribution < 1.29 is 17.4 Å². The van der Waals surface area contributed by atoms with Crippen molar-refractivity contribution in [2.45, 2.75) is 65.7 Å². The van der Waals surface area contributed by atoms with E-state index in [1.54, 1.807) is 0 Å². The maximum absolute atomic E-state index is 11.9. The van der Waals surface area contributed by atoms with Gasteiger partial charge in [-0.3, -0.25) is 4.79 Å². The molecule has 0 saturated heterocycles. The fraction of sp³-hybridized carbons (Fsp3) is 0.588. The van der Waals surface area contributed by atoms with Crippen LogP contribution in [0.3, 0.4) is 0 Å². The predicted molar refractivity (Wildman–Crippen MR) is 91.6 cm³/mol. The van der Waals surface area contributed by atoms with Gasteiger partial charge in [-0.05, 0) is 40.0 Å². The summed E-state index contributed by atoms with van der Waals surface area (Å²) in [4.78, 5) is 11.9. The maximum atomic E-state index is 11.9. The molecule has 0 aromatic heterocycles. The van der Waals surface area contributed by atoms with Gasteiger partial charge >= 0.3 is 16.3 Å². The number of nitrogens with two attached hydrogens (primary N) is 1. The average Bonchev–Trinajstić information content (AvgIpc) is 2.35. The first kappa shape index (κ1) is 19.6. The molecular formula is C17H27NO4S. The topological polar surface area (TPSA) is 86.5 Å². The van der Waals surface area contributed by atoms with Crippen LogP contribution in [0, 0.1) is 0 Å². The Morgan fingerprint density at radius 2 is 1.43 bits per heavy atom. The van der Waals surface area contributed by atoms with Crippen molar-refractivity contribution in [1.29, 1.82) is 0 Å². The van der Waals surface area contributed by atoms with Gasteiger partial charge in [0.15, 0.2) is 0 Å². The molecule has 0 amide bonds. The first-order valence-corrected chi connectivity index (χ1v) is 9.31. The fourth-order valence-electron chi connectivity index (χ4n) is 2.61. The van der Waals surface area contributed by atoms with Gasteiger partial charge in [0.1, 0.15) is 0 Å². The van der Waals surface area contributed by atoms with Crippen LogP contribution in [0.2, 0.25) is 0 Å². The summed E-state index contributed by atoms with van der Waals surface area (Å²) in [5.74, 6) is -0.0593. The van der Waals surface area contributed by atoms with Crippen molar-refractivity contribution in [2.75, 3.05) is 0 Å². The zero-order chi connectivity index (χ0) is 17.9. The van der Waals surface area contributed by atoms with Gasteiger partial charge in [0.2, 0.25) is 0 Å². The number of benzene rings is 1. The predicted octanol–water partition coefficient (Wildman–Crippen LogP) is 3.35. The van der Waals surface area contributed by atoms with E-state index in [2.05, 4.69) is 57.9 Å². The third kappa shape index (κ3) is 5.62. The second-order valence-corrected chi connectivity index (χ2v) is 7.92. The zero-order valence-corrected chi connectivity index (χ0v) is 15.5. The molecule has 0 unspecified atom stereocenters. The maximum Gasteiger partial charge on any atom is 0.382 e. The molecule has 1 rings (SSSR count). The molecule has 0 aliphatic rings. The van der Waals surface area contributed by atoms with E-state index < -0.39 is 16.3 Å². The summed E-state index contributed by atoms with van der Waals surface area (Å²) < 4.78 is 26.2. The van der Waals surface area contributed by atoms with Crippen molar-refractivity contribution in [3.8, 4) is 0 Å². The quantitative estimate of drug-likeness (QED) is 0.859. The number of carbonyl (C=O) groups is 1. The average molecular weight is 341 g/mol. The van der Waals surface area contributed by atoms with Crippen LogP contribution in [-0.4, -0.2) is 14.4 Å². The molecule has 0 heterocycles. The number of hydrogen-bond donors (Lipinski definition) is 1. The number of hydrogen-bond acceptors (Lipinski definition) is 4. The van der Waals surface area contributed by atoms with E-state index >= 15 is 0 Å². The molecule has 5 nitrogen and oxygen atoms in total. The Bertz CT molecular complexity index is 647. The fourth-order valence-corrected chi connectivity index (χ4v) is 2.93. The lowest BCUT2D eigenvalue weighted by Crippen LogP contribution is -2.22. The molecule has 130 valence electrons. The van der Waals surface area contributed by atoms with Gasteiger partial charge in [-0.2, -0.15) is 13.6 Å². The second kappa shape index (κ2) is 7.45. The highest BCUT2D eigenvalue weighted by Crippen LogP contribution is 2.32. The van der Waals surface area contributed by atoms with E-state index in [1.165, 1.54) is 5.56 Å². The molecule has 0 atom stereocenters. The Labute approximate surface area is 139 Å². The first-order valence-electron chi connectivity index (χ1n) is 7.84. The SMILES string of the molecule is CC(C)c1cc(C(C)C)c(CC(=O)OS(N)(=O)=O)c(C(C)C)c1. The smallest absolute Gasteiger partial charge is 0.334 e. The summed E-state index contributed by atoms with van der Waals surface area (Å²) in [6, 6.07) is 4.20. The van der Waals surface area contributed by atoms with Crippen molar-refractivity contribution in [3.63, 3.8) is 0 Å². The Hall–Kier alpha value is -1.40. The molecule has 0 bridgehead atoms. The molecule has 0 aliphatic carbocycles. The Morgan fingerprint density at radius 1 is 1.00 bits per heavy atom. The summed E-state index contributed by atoms with van der Waals surface area (Å²) in [7, 11) is -4.28. The van der Waals surface area contributed by atoms with Gasteiger partial charge in [0.05, 0.1) is 6.42 Å². The normalized spacial score (nSPS) is 12.3. The molecule has 2 N–H and O–H groups in total. The van der Waals surface area contributed by atoms with Crippen LogP contribution < -0.4 is 5.14 Å². The number of rotatable bonds is 6. The van der Waals surface area contributed by atoms with E-state index in [-0.39, 0.29) is 18.3 Å². The Kier molecular flexibility index (Phi) is 6.36. The molecule has 1 aromatic rings. The van der Waals surface area contributed by atoms with Crippen molar-refractivity contribution in [2.24, 2.45) is 5.14 Å². The molecule has 23 heavy (non-hydrogen) atoms. The van der Waals surface area contributed by atoms with E-state index in [0.717, 1.165) is 16.7 Å². The van der Waals surface area contributed by atoms with Crippen LogP contribution in [0.15, 0.2) is 12.1 Å². The monoisotopic (exact) mass is 341 g/mol. The molecule has 0 radical (unpaired) electrons. The van der Waals surface area contributed by atoms with Crippen LogP contribution in [-0.2, 0) is 25.7 Å². The summed E-state index contributed by atoms with van der Waals surface area (Å²) >= 11 is 0. The van der Waals surface area contributed by atoms with Gasteiger partial charge in [-0.1, -0.05) is 53.7 Å². The highest BCUT2D eigenvalue weighted by molar-refractivity contribution is 7.84. The lowest BCUT2D eigenvalue weighted by molar-refractivity contribution is -0.133. The van der Waals surface area contributed by atoms with Crippen LogP contribution in [0.4, 0.5) is 0 Å². The van der Waals surface area contributed by atoms with Gasteiger partial charge in [0, 0.05) is 0 Å². The van der Waals surface area contributed by atoms with Gasteiger partial charge in [-0.15, -0.1) is 0 Å². The zero-order valence-electron chi connectivity index (χ0n) is 14.7. The molecule has 6 heteroatoms. The molecule has 1 aromatic carbocycles. The van der Waals surface area contributed by atoms with Gasteiger partial charge in [0.25, 0.3) is 0 Å². The summed E-state index contributed by atoms with van der Waals surface area (Å²) in [5, 5.41) is 4.78. The first-order chi connectivity index (χ1) is 10.4. The number of carbonyl (C=O) groups excluding carboxylic acids is 1. The molecule has 0 saturated carbocycles. The second-order valence-electron chi connectivity index (χ2n) is 6.77. The van der Waals surface area contributed by atoms with Crippen molar-refractivity contribution >= 4 is 16.3 Å². The van der Waals surface area contributed by atoms with Gasteiger partial charge in [-0.25, -0.2) is 0 Å². The Morgan fingerprint density at radius 3 is 1.74 bits per heavy atom. The van der Waals surface area contributed by atoms with Crippen molar-refractivity contribution in [3.05, 3.63) is 34.4 Å². The van der Waals surface area contributed by atoms with Gasteiger partial charge < -0.3 is 4.18 Å². The van der Waals surface area contributed by atoms with Crippen LogP contribution in [0.5, 0.6) is 0 Å². The molecule has 0 fully saturated rings. The minimum atomic E-state index is -4.28. The van der Waals surface area contributed by atoms with Crippen LogP contribution in [0.25, 0.3) is 0 Å². The summed E-state index contributed by atoms with van der Waals surface area (Å²) in [5.41, 5.74) is 4.14. The highest BCUT2D eigenvalue weighted by atomic mass is 32.2. The highest BCUT2D eigenvalue weighted by Gasteiger charge is 2.21. The Balaban J connectivity index is 3.40. The standard InChI is InChI=1S/C17H27NO4S/c1-10(2)13-7-14(11(3)4)16(15(8-13)12(5)6)9-17(19)22-23(18,20)21/h7-8,10-12H,9H2,1-6H3,(H2,18,20,21). The molecule has 0 aliphatic heterocycles. The van der Waals surface area contributed by atoms with E-state index in [0.29, 0.717) is 5.92 Å². The van der Waals surface area contributed by atoms with E-state index in [9.17, 15) is 13.2 Å². The van der Waals surface area contributed by atoms with Crippen molar-refractivity contribution in [1.82, 2.24) is 0 Å².